The van der Waals surface area contributed by atoms with E-state index in [1.54, 1.807) is 0 Å². The summed E-state index contributed by atoms with van der Waals surface area (Å²) in [5.41, 5.74) is 9.73. The SMILES string of the molecule is Cc1nc(N)sc1-c1cn2cccc(C)c2n1. The number of pyridine rings is 1. The molecule has 0 saturated heterocycles. The third-order valence-corrected chi connectivity index (χ3v) is 3.73. The van der Waals surface area contributed by atoms with Gasteiger partial charge in [0.15, 0.2) is 5.13 Å². The molecule has 0 aliphatic carbocycles. The molecule has 0 atom stereocenters. The molecule has 0 amide bonds. The number of anilines is 1. The zero-order valence-electron chi connectivity index (χ0n) is 9.64. The van der Waals surface area contributed by atoms with Crippen LogP contribution in [0.5, 0.6) is 0 Å². The Bertz CT molecular complexity index is 696. The number of hydrogen-bond donors (Lipinski definition) is 1. The fourth-order valence-electron chi connectivity index (χ4n) is 1.92. The van der Waals surface area contributed by atoms with Crippen molar-refractivity contribution in [3.8, 4) is 10.6 Å². The molecule has 4 nitrogen and oxygen atoms in total. The minimum Gasteiger partial charge on any atom is -0.375 e. The molecule has 0 spiro atoms. The highest BCUT2D eigenvalue weighted by Gasteiger charge is 2.12. The standard InChI is InChI=1S/C12H12N4S/c1-7-4-3-5-16-6-9(15-11(7)16)10-8(2)14-12(13)17-10/h3-6H,1-2H3,(H2,13,14). The molecular formula is C12H12N4S. The maximum absolute atomic E-state index is 5.71. The van der Waals surface area contributed by atoms with Crippen molar-refractivity contribution in [1.29, 1.82) is 0 Å². The molecule has 86 valence electrons. The fourth-order valence-corrected chi connectivity index (χ4v) is 2.71. The summed E-state index contributed by atoms with van der Waals surface area (Å²) < 4.78 is 2.03. The van der Waals surface area contributed by atoms with Crippen LogP contribution in [0.25, 0.3) is 16.2 Å². The van der Waals surface area contributed by atoms with Crippen LogP contribution in [0, 0.1) is 13.8 Å². The van der Waals surface area contributed by atoms with Crippen molar-refractivity contribution in [2.75, 3.05) is 5.73 Å². The Labute approximate surface area is 103 Å². The zero-order valence-corrected chi connectivity index (χ0v) is 10.5. The molecule has 0 fully saturated rings. The predicted molar refractivity (Wildman–Crippen MR) is 70.2 cm³/mol. The van der Waals surface area contributed by atoms with Crippen LogP contribution in [-0.4, -0.2) is 14.4 Å². The van der Waals surface area contributed by atoms with Gasteiger partial charge in [0.1, 0.15) is 11.3 Å². The van der Waals surface area contributed by atoms with Gasteiger partial charge >= 0.3 is 0 Å². The van der Waals surface area contributed by atoms with E-state index in [1.165, 1.54) is 11.3 Å². The molecule has 0 radical (unpaired) electrons. The lowest BCUT2D eigenvalue weighted by molar-refractivity contribution is 1.16. The smallest absolute Gasteiger partial charge is 0.180 e. The summed E-state index contributed by atoms with van der Waals surface area (Å²) in [7, 11) is 0. The van der Waals surface area contributed by atoms with Gasteiger partial charge in [-0.2, -0.15) is 0 Å². The number of fused-ring (bicyclic) bond motifs is 1. The van der Waals surface area contributed by atoms with E-state index in [0.29, 0.717) is 5.13 Å². The largest absolute Gasteiger partial charge is 0.375 e. The molecule has 2 N–H and O–H groups in total. The van der Waals surface area contributed by atoms with Crippen LogP contribution in [0.1, 0.15) is 11.3 Å². The van der Waals surface area contributed by atoms with Crippen LogP contribution in [0.3, 0.4) is 0 Å². The molecule has 0 aromatic carbocycles. The molecule has 0 aliphatic rings. The average molecular weight is 244 g/mol. The number of aryl methyl sites for hydroxylation is 2. The van der Waals surface area contributed by atoms with Crippen LogP contribution < -0.4 is 5.73 Å². The normalized spacial score (nSPS) is 11.2. The van der Waals surface area contributed by atoms with Crippen LogP contribution >= 0.6 is 11.3 Å². The minimum atomic E-state index is 0.589. The molecule has 3 aromatic heterocycles. The van der Waals surface area contributed by atoms with Crippen LogP contribution in [-0.2, 0) is 0 Å². The molecular weight excluding hydrogens is 232 g/mol. The first-order chi connectivity index (χ1) is 8.15. The second kappa shape index (κ2) is 3.56. The molecule has 3 rings (SSSR count). The number of rotatable bonds is 1. The summed E-state index contributed by atoms with van der Waals surface area (Å²) in [5.74, 6) is 0. The van der Waals surface area contributed by atoms with Gasteiger partial charge in [0, 0.05) is 12.4 Å². The van der Waals surface area contributed by atoms with Crippen molar-refractivity contribution in [2.24, 2.45) is 0 Å². The van der Waals surface area contributed by atoms with Gasteiger partial charge in [-0.3, -0.25) is 0 Å². The Kier molecular flexibility index (Phi) is 2.16. The van der Waals surface area contributed by atoms with Gasteiger partial charge in [-0.05, 0) is 25.5 Å². The van der Waals surface area contributed by atoms with Crippen LogP contribution in [0.15, 0.2) is 24.5 Å². The Morgan fingerprint density at radius 3 is 2.76 bits per heavy atom. The van der Waals surface area contributed by atoms with Gasteiger partial charge in [-0.1, -0.05) is 17.4 Å². The van der Waals surface area contributed by atoms with Gasteiger partial charge in [-0.15, -0.1) is 0 Å². The van der Waals surface area contributed by atoms with Crippen molar-refractivity contribution in [3.05, 3.63) is 35.8 Å². The number of imidazole rings is 1. The van der Waals surface area contributed by atoms with E-state index < -0.39 is 0 Å². The Morgan fingerprint density at radius 1 is 1.29 bits per heavy atom. The number of nitrogens with zero attached hydrogens (tertiary/aromatic N) is 3. The number of hydrogen-bond acceptors (Lipinski definition) is 4. The molecule has 5 heteroatoms. The van der Waals surface area contributed by atoms with E-state index in [2.05, 4.69) is 23.0 Å². The van der Waals surface area contributed by atoms with Gasteiger partial charge < -0.3 is 10.1 Å². The zero-order chi connectivity index (χ0) is 12.0. The lowest BCUT2D eigenvalue weighted by Gasteiger charge is -1.93. The number of aromatic nitrogens is 3. The quantitative estimate of drug-likeness (QED) is 0.716. The van der Waals surface area contributed by atoms with E-state index in [9.17, 15) is 0 Å². The molecule has 3 heterocycles. The van der Waals surface area contributed by atoms with Gasteiger partial charge in [0.05, 0.1) is 10.6 Å². The molecule has 17 heavy (non-hydrogen) atoms. The van der Waals surface area contributed by atoms with Crippen LogP contribution in [0.2, 0.25) is 0 Å². The first-order valence-corrected chi connectivity index (χ1v) is 6.14. The molecule has 0 bridgehead atoms. The molecule has 0 unspecified atom stereocenters. The average Bonchev–Trinajstić information content (AvgIpc) is 2.82. The van der Waals surface area contributed by atoms with Crippen molar-refractivity contribution in [2.45, 2.75) is 13.8 Å². The maximum atomic E-state index is 5.71. The van der Waals surface area contributed by atoms with Gasteiger partial charge in [0.25, 0.3) is 0 Å². The van der Waals surface area contributed by atoms with Crippen molar-refractivity contribution < 1.29 is 0 Å². The van der Waals surface area contributed by atoms with E-state index >= 15 is 0 Å². The highest BCUT2D eigenvalue weighted by Crippen LogP contribution is 2.30. The van der Waals surface area contributed by atoms with E-state index in [1.807, 2.05) is 29.8 Å². The van der Waals surface area contributed by atoms with Crippen molar-refractivity contribution in [3.63, 3.8) is 0 Å². The van der Waals surface area contributed by atoms with Gasteiger partial charge in [0.2, 0.25) is 0 Å². The Hall–Kier alpha value is -1.88. The first kappa shape index (κ1) is 10.3. The van der Waals surface area contributed by atoms with E-state index in [0.717, 1.165) is 27.5 Å². The minimum absolute atomic E-state index is 0.589. The Morgan fingerprint density at radius 2 is 2.12 bits per heavy atom. The predicted octanol–water partition coefficient (Wildman–Crippen LogP) is 2.66. The maximum Gasteiger partial charge on any atom is 0.180 e. The number of nitrogens with two attached hydrogens (primary N) is 1. The van der Waals surface area contributed by atoms with Crippen LogP contribution in [0.4, 0.5) is 5.13 Å². The Balaban J connectivity index is 2.25. The van der Waals surface area contributed by atoms with Crippen molar-refractivity contribution >= 4 is 22.1 Å². The summed E-state index contributed by atoms with van der Waals surface area (Å²) in [4.78, 5) is 9.91. The second-order valence-electron chi connectivity index (χ2n) is 4.01. The third-order valence-electron chi connectivity index (χ3n) is 2.72. The highest BCUT2D eigenvalue weighted by atomic mass is 32.1. The van der Waals surface area contributed by atoms with E-state index in [-0.39, 0.29) is 0 Å². The third kappa shape index (κ3) is 1.59. The van der Waals surface area contributed by atoms with E-state index in [4.69, 9.17) is 5.73 Å². The first-order valence-electron chi connectivity index (χ1n) is 5.33. The summed E-state index contributed by atoms with van der Waals surface area (Å²) in [6.07, 6.45) is 4.01. The topological polar surface area (TPSA) is 56.2 Å². The van der Waals surface area contributed by atoms with Gasteiger partial charge in [-0.25, -0.2) is 9.97 Å². The van der Waals surface area contributed by atoms with Crippen molar-refractivity contribution in [1.82, 2.24) is 14.4 Å². The summed E-state index contributed by atoms with van der Waals surface area (Å²) in [6, 6.07) is 4.07. The lowest BCUT2D eigenvalue weighted by Crippen LogP contribution is -1.83. The monoisotopic (exact) mass is 244 g/mol. The number of thiazole rings is 1. The fraction of sp³-hybridized carbons (Fsp3) is 0.167. The summed E-state index contributed by atoms with van der Waals surface area (Å²) in [5, 5.41) is 0.589. The molecule has 0 saturated carbocycles. The number of nitrogen functional groups attached to an aromatic ring is 1. The second-order valence-corrected chi connectivity index (χ2v) is 5.05. The highest BCUT2D eigenvalue weighted by molar-refractivity contribution is 7.18. The summed E-state index contributed by atoms with van der Waals surface area (Å²) >= 11 is 1.48. The summed E-state index contributed by atoms with van der Waals surface area (Å²) in [6.45, 7) is 4.01. The molecule has 3 aromatic rings. The lowest BCUT2D eigenvalue weighted by atomic mass is 10.3. The molecule has 0 aliphatic heterocycles.